The second-order valence-electron chi connectivity index (χ2n) is 4.43. The normalized spacial score (nSPS) is 10.3. The number of aromatic nitrogens is 2. The van der Waals surface area contributed by atoms with Crippen molar-refractivity contribution >= 4 is 28.3 Å². The van der Waals surface area contributed by atoms with Crippen LogP contribution in [0.4, 0.5) is 5.13 Å². The Balaban J connectivity index is 1.81. The molecule has 1 aromatic heterocycles. The number of carboxylic acid groups (broad SMARTS) is 1. The van der Waals surface area contributed by atoms with Crippen LogP contribution in [0.25, 0.3) is 0 Å². The Hall–Kier alpha value is -2.28. The lowest BCUT2D eigenvalue weighted by molar-refractivity contribution is -0.138. The van der Waals surface area contributed by atoms with Crippen molar-refractivity contribution in [1.29, 1.82) is 0 Å². The van der Waals surface area contributed by atoms with Crippen LogP contribution in [-0.4, -0.2) is 27.2 Å². The van der Waals surface area contributed by atoms with Gasteiger partial charge in [-0.15, -0.1) is 10.2 Å². The van der Waals surface area contributed by atoms with Crippen molar-refractivity contribution in [2.45, 2.75) is 25.7 Å². The van der Waals surface area contributed by atoms with Crippen LogP contribution in [0.3, 0.4) is 0 Å². The largest absolute Gasteiger partial charge is 0.481 e. The quantitative estimate of drug-likeness (QED) is 0.817. The Morgan fingerprint density at radius 2 is 1.86 bits per heavy atom. The molecule has 2 rings (SSSR count). The molecule has 1 amide bonds. The minimum atomic E-state index is -0.994. The molecule has 0 radical (unpaired) electrons. The van der Waals surface area contributed by atoms with Crippen LogP contribution in [0.2, 0.25) is 0 Å². The fraction of sp³-hybridized carbons (Fsp3) is 0.286. The minimum absolute atomic E-state index is 0.0612. The molecule has 1 aromatic carbocycles. The fourth-order valence-corrected chi connectivity index (χ4v) is 2.46. The molecule has 0 spiro atoms. The molecule has 6 nitrogen and oxygen atoms in total. The number of nitrogens with one attached hydrogen (secondary N) is 1. The lowest BCUT2D eigenvalue weighted by Gasteiger charge is -1.98. The summed E-state index contributed by atoms with van der Waals surface area (Å²) >= 11 is 1.31. The minimum Gasteiger partial charge on any atom is -0.481 e. The number of hydrogen-bond acceptors (Lipinski definition) is 5. The standard InChI is InChI=1S/C14H15N3O3S/c18-11(7-9-13(19)20)15-14-17-16-12(21-14)8-6-10-4-2-1-3-5-10/h1-5H,6-9H2,(H,19,20)(H,15,17,18). The third-order valence-corrected chi connectivity index (χ3v) is 3.65. The molecule has 0 atom stereocenters. The van der Waals surface area contributed by atoms with Gasteiger partial charge in [-0.2, -0.15) is 0 Å². The second-order valence-corrected chi connectivity index (χ2v) is 5.49. The predicted molar refractivity (Wildman–Crippen MR) is 79.3 cm³/mol. The first-order valence-electron chi connectivity index (χ1n) is 6.51. The van der Waals surface area contributed by atoms with Crippen LogP contribution in [-0.2, 0) is 22.4 Å². The average Bonchev–Trinajstić information content (AvgIpc) is 2.91. The van der Waals surface area contributed by atoms with Crippen LogP contribution in [0.1, 0.15) is 23.4 Å². The van der Waals surface area contributed by atoms with Crippen LogP contribution in [0.5, 0.6) is 0 Å². The van der Waals surface area contributed by atoms with Gasteiger partial charge in [0.15, 0.2) is 0 Å². The summed E-state index contributed by atoms with van der Waals surface area (Å²) in [5.41, 5.74) is 1.22. The van der Waals surface area contributed by atoms with Crippen molar-refractivity contribution in [1.82, 2.24) is 10.2 Å². The van der Waals surface area contributed by atoms with E-state index >= 15 is 0 Å². The van der Waals surface area contributed by atoms with Crippen molar-refractivity contribution in [3.05, 3.63) is 40.9 Å². The zero-order valence-electron chi connectivity index (χ0n) is 11.3. The van der Waals surface area contributed by atoms with Gasteiger partial charge in [-0.3, -0.25) is 9.59 Å². The maximum atomic E-state index is 11.5. The third kappa shape index (κ3) is 5.31. The van der Waals surface area contributed by atoms with Gasteiger partial charge in [-0.05, 0) is 12.0 Å². The Kier molecular flexibility index (Phi) is 5.39. The Labute approximate surface area is 125 Å². The number of benzene rings is 1. The van der Waals surface area contributed by atoms with Crippen molar-refractivity contribution in [2.24, 2.45) is 0 Å². The molecule has 110 valence electrons. The highest BCUT2D eigenvalue weighted by atomic mass is 32.1. The third-order valence-electron chi connectivity index (χ3n) is 2.75. The Morgan fingerprint density at radius 1 is 1.10 bits per heavy atom. The summed E-state index contributed by atoms with van der Waals surface area (Å²) in [6.07, 6.45) is 1.37. The number of carbonyl (C=O) groups excluding carboxylic acids is 1. The molecule has 0 unspecified atom stereocenters. The highest BCUT2D eigenvalue weighted by Gasteiger charge is 2.09. The number of aryl methyl sites for hydroxylation is 2. The summed E-state index contributed by atoms with van der Waals surface area (Å²) in [7, 11) is 0. The fourth-order valence-electron chi connectivity index (χ4n) is 1.70. The zero-order valence-corrected chi connectivity index (χ0v) is 12.1. The van der Waals surface area contributed by atoms with E-state index in [1.54, 1.807) is 0 Å². The molecular weight excluding hydrogens is 290 g/mol. The number of rotatable bonds is 7. The van der Waals surface area contributed by atoms with Gasteiger partial charge in [0.1, 0.15) is 5.01 Å². The van der Waals surface area contributed by atoms with Gasteiger partial charge in [0.05, 0.1) is 6.42 Å². The highest BCUT2D eigenvalue weighted by Crippen LogP contribution is 2.17. The molecule has 0 aliphatic heterocycles. The summed E-state index contributed by atoms with van der Waals surface area (Å²) in [4.78, 5) is 21.8. The van der Waals surface area contributed by atoms with E-state index in [1.807, 2.05) is 18.2 Å². The lowest BCUT2D eigenvalue weighted by atomic mass is 10.1. The Morgan fingerprint density at radius 3 is 2.57 bits per heavy atom. The molecule has 2 aromatic rings. The number of carbonyl (C=O) groups is 2. The van der Waals surface area contributed by atoms with E-state index in [9.17, 15) is 9.59 Å². The molecule has 0 aliphatic carbocycles. The second kappa shape index (κ2) is 7.49. The number of carboxylic acids is 1. The summed E-state index contributed by atoms with van der Waals surface area (Å²) in [5.74, 6) is -1.35. The molecule has 0 bridgehead atoms. The summed E-state index contributed by atoms with van der Waals surface area (Å²) in [5, 5.41) is 20.2. The SMILES string of the molecule is O=C(O)CCC(=O)Nc1nnc(CCc2ccccc2)s1. The smallest absolute Gasteiger partial charge is 0.303 e. The molecule has 0 saturated heterocycles. The highest BCUT2D eigenvalue weighted by molar-refractivity contribution is 7.15. The zero-order chi connectivity index (χ0) is 15.1. The van der Waals surface area contributed by atoms with E-state index in [0.717, 1.165) is 17.8 Å². The van der Waals surface area contributed by atoms with Gasteiger partial charge < -0.3 is 10.4 Å². The van der Waals surface area contributed by atoms with Gasteiger partial charge in [0, 0.05) is 12.8 Å². The maximum absolute atomic E-state index is 11.5. The number of nitrogens with zero attached hydrogens (tertiary/aromatic N) is 2. The molecule has 1 heterocycles. The van der Waals surface area contributed by atoms with E-state index in [4.69, 9.17) is 5.11 Å². The van der Waals surface area contributed by atoms with Crippen LogP contribution < -0.4 is 5.32 Å². The first kappa shape index (κ1) is 15.1. The maximum Gasteiger partial charge on any atom is 0.303 e. The Bertz CT molecular complexity index is 613. The van der Waals surface area contributed by atoms with Crippen LogP contribution in [0, 0.1) is 0 Å². The molecule has 0 fully saturated rings. The van der Waals surface area contributed by atoms with Crippen molar-refractivity contribution in [2.75, 3.05) is 5.32 Å². The number of aliphatic carboxylic acids is 1. The van der Waals surface area contributed by atoms with Crippen molar-refractivity contribution in [3.63, 3.8) is 0 Å². The summed E-state index contributed by atoms with van der Waals surface area (Å²) in [6.45, 7) is 0. The van der Waals surface area contributed by atoms with Crippen molar-refractivity contribution in [3.8, 4) is 0 Å². The van der Waals surface area contributed by atoms with Crippen LogP contribution in [0.15, 0.2) is 30.3 Å². The monoisotopic (exact) mass is 305 g/mol. The van der Waals surface area contributed by atoms with Crippen LogP contribution >= 0.6 is 11.3 Å². The molecular formula is C14H15N3O3S. The molecule has 7 heteroatoms. The predicted octanol–water partition coefficient (Wildman–Crippen LogP) is 2.13. The molecule has 2 N–H and O–H groups in total. The van der Waals surface area contributed by atoms with Gasteiger partial charge >= 0.3 is 5.97 Å². The van der Waals surface area contributed by atoms with E-state index in [-0.39, 0.29) is 18.7 Å². The van der Waals surface area contributed by atoms with Gasteiger partial charge in [0.2, 0.25) is 11.0 Å². The van der Waals surface area contributed by atoms with E-state index in [0.29, 0.717) is 5.13 Å². The number of anilines is 1. The molecule has 0 saturated carbocycles. The topological polar surface area (TPSA) is 92.2 Å². The first-order valence-corrected chi connectivity index (χ1v) is 7.33. The van der Waals surface area contributed by atoms with E-state index in [2.05, 4.69) is 27.6 Å². The van der Waals surface area contributed by atoms with E-state index < -0.39 is 5.97 Å². The summed E-state index contributed by atoms with van der Waals surface area (Å²) in [6, 6.07) is 10.1. The first-order chi connectivity index (χ1) is 10.1. The summed E-state index contributed by atoms with van der Waals surface area (Å²) < 4.78 is 0. The van der Waals surface area contributed by atoms with Gasteiger partial charge in [-0.25, -0.2) is 0 Å². The lowest BCUT2D eigenvalue weighted by Crippen LogP contribution is -2.12. The van der Waals surface area contributed by atoms with Gasteiger partial charge in [0.25, 0.3) is 0 Å². The molecule has 0 aliphatic rings. The number of amides is 1. The molecule has 21 heavy (non-hydrogen) atoms. The van der Waals surface area contributed by atoms with E-state index in [1.165, 1.54) is 16.9 Å². The van der Waals surface area contributed by atoms with Crippen molar-refractivity contribution < 1.29 is 14.7 Å². The average molecular weight is 305 g/mol. The van der Waals surface area contributed by atoms with Gasteiger partial charge in [-0.1, -0.05) is 41.7 Å². The number of hydrogen-bond donors (Lipinski definition) is 2.